The zero-order chi connectivity index (χ0) is 40.5. The average Bonchev–Trinajstić information content (AvgIpc) is 3.23. The number of halogens is 1. The van der Waals surface area contributed by atoms with Crippen LogP contribution in [0.2, 0.25) is 5.28 Å². The van der Waals surface area contributed by atoms with Crippen molar-refractivity contribution in [2.75, 3.05) is 24.3 Å². The van der Waals surface area contributed by atoms with Gasteiger partial charge in [0.1, 0.15) is 24.7 Å². The van der Waals surface area contributed by atoms with Gasteiger partial charge in [0.15, 0.2) is 0 Å². The molecule has 3 N–H and O–H groups in total. The van der Waals surface area contributed by atoms with Gasteiger partial charge < -0.3 is 30.0 Å². The minimum absolute atomic E-state index is 0.241. The van der Waals surface area contributed by atoms with E-state index in [1.165, 1.54) is 12.5 Å². The minimum Gasteiger partial charge on any atom is -0.497 e. The van der Waals surface area contributed by atoms with Crippen molar-refractivity contribution < 1.29 is 18.9 Å². The third-order valence-electron chi connectivity index (χ3n) is 7.59. The number of benzene rings is 4. The molecule has 11 heteroatoms. The molecule has 6 aromatic rings. The van der Waals surface area contributed by atoms with Gasteiger partial charge in [-0.3, -0.25) is 0 Å². The first-order valence-corrected chi connectivity index (χ1v) is 18.4. The molecule has 0 aliphatic rings. The van der Waals surface area contributed by atoms with E-state index in [2.05, 4.69) is 51.6 Å². The predicted molar refractivity (Wildman–Crippen MR) is 231 cm³/mol. The second-order valence-electron chi connectivity index (χ2n) is 11.9. The molecular formula is C46H47ClN6O4. The van der Waals surface area contributed by atoms with Crippen LogP contribution in [0.15, 0.2) is 173 Å². The number of rotatable bonds is 18. The summed E-state index contributed by atoms with van der Waals surface area (Å²) in [5.41, 5.74) is 12.8. The molecule has 0 unspecified atom stereocenters. The Bertz CT molecular complexity index is 2180. The topological polar surface area (TPSA) is 127 Å². The van der Waals surface area contributed by atoms with Crippen LogP contribution in [0, 0.1) is 0 Å². The summed E-state index contributed by atoms with van der Waals surface area (Å²) in [7, 11) is 0. The van der Waals surface area contributed by atoms with E-state index in [1.807, 2.05) is 121 Å². The Balaban J connectivity index is 0.000000211. The van der Waals surface area contributed by atoms with Gasteiger partial charge in [-0.2, -0.15) is 0 Å². The molecule has 4 aromatic carbocycles. The van der Waals surface area contributed by atoms with Crippen molar-refractivity contribution in [1.29, 1.82) is 0 Å². The standard InChI is InChI=1S/C23H23N3O2.C14H13ClN2O.C9H11NO/c1-3-5-14-28-21-11-7-9-19(16-21)22-12-13-24-23(26-22)25-20-10-6-8-18(15-20)17-27-4-2;1-2-3-9-18-12-6-4-5-11(10-12)13-7-8-16-14(15)17-13;1-2-11-7-8-4-3-5-9(10)6-8/h3-4,6-13,15-16H,1-2,5,14,17H2,(H,24,25,26);2,4-8,10H,1,3,9H2;2-6H,1,7,10H2. The molecule has 0 bridgehead atoms. The molecule has 6 rings (SSSR count). The van der Waals surface area contributed by atoms with Gasteiger partial charge in [-0.15, -0.1) is 13.2 Å². The molecule has 2 heterocycles. The summed E-state index contributed by atoms with van der Waals surface area (Å²) in [5, 5.41) is 3.48. The van der Waals surface area contributed by atoms with E-state index < -0.39 is 0 Å². The van der Waals surface area contributed by atoms with Crippen LogP contribution >= 0.6 is 11.6 Å². The van der Waals surface area contributed by atoms with Crippen molar-refractivity contribution in [3.8, 4) is 34.0 Å². The van der Waals surface area contributed by atoms with Gasteiger partial charge in [-0.1, -0.05) is 73.8 Å². The van der Waals surface area contributed by atoms with Crippen LogP contribution in [0.4, 0.5) is 17.3 Å². The summed E-state index contributed by atoms with van der Waals surface area (Å²) in [6.45, 7) is 16.6. The van der Waals surface area contributed by atoms with Crippen LogP contribution in [0.1, 0.15) is 24.0 Å². The first-order chi connectivity index (χ1) is 27.9. The normalized spacial score (nSPS) is 9.91. The van der Waals surface area contributed by atoms with E-state index in [9.17, 15) is 0 Å². The molecule has 10 nitrogen and oxygen atoms in total. The maximum atomic E-state index is 5.77. The van der Waals surface area contributed by atoms with Gasteiger partial charge in [-0.25, -0.2) is 19.9 Å². The number of hydrogen-bond acceptors (Lipinski definition) is 10. The van der Waals surface area contributed by atoms with Crippen molar-refractivity contribution in [2.45, 2.75) is 26.1 Å². The second kappa shape index (κ2) is 24.5. The summed E-state index contributed by atoms with van der Waals surface area (Å²) in [5.74, 6) is 2.14. The highest BCUT2D eigenvalue weighted by Crippen LogP contribution is 2.25. The highest BCUT2D eigenvalue weighted by molar-refractivity contribution is 6.28. The van der Waals surface area contributed by atoms with Gasteiger partial charge in [-0.05, 0) is 96.2 Å². The van der Waals surface area contributed by atoms with Crippen LogP contribution in [-0.2, 0) is 22.7 Å². The Kier molecular flexibility index (Phi) is 18.4. The molecule has 0 spiro atoms. The Morgan fingerprint density at radius 3 is 1.72 bits per heavy atom. The molecule has 0 radical (unpaired) electrons. The van der Waals surface area contributed by atoms with Gasteiger partial charge in [0.05, 0.1) is 37.1 Å². The lowest BCUT2D eigenvalue weighted by molar-refractivity contribution is 0.237. The lowest BCUT2D eigenvalue weighted by atomic mass is 10.1. The molecule has 57 heavy (non-hydrogen) atoms. The van der Waals surface area contributed by atoms with Gasteiger partial charge in [0.25, 0.3) is 0 Å². The molecule has 2 aromatic heterocycles. The molecule has 0 saturated carbocycles. The number of anilines is 3. The molecule has 0 aliphatic carbocycles. The fourth-order valence-corrected chi connectivity index (χ4v) is 5.09. The van der Waals surface area contributed by atoms with Crippen molar-refractivity contribution in [2.24, 2.45) is 0 Å². The third kappa shape index (κ3) is 15.8. The number of hydrogen-bond donors (Lipinski definition) is 2. The highest BCUT2D eigenvalue weighted by atomic mass is 35.5. The molecule has 0 saturated heterocycles. The van der Waals surface area contributed by atoms with E-state index >= 15 is 0 Å². The number of nitrogens with two attached hydrogens (primary N) is 1. The average molecular weight is 783 g/mol. The quantitative estimate of drug-likeness (QED) is 0.0286. The van der Waals surface area contributed by atoms with Crippen LogP contribution < -0.4 is 20.5 Å². The van der Waals surface area contributed by atoms with Crippen molar-refractivity contribution in [3.05, 3.63) is 189 Å². The SMILES string of the molecule is C=CCCOc1cccc(-c2ccnc(Cl)n2)c1.C=CCCOc1cccc(-c2ccnc(Nc3cccc(COC=C)c3)n2)c1.C=COCc1cccc(N)c1. The fourth-order valence-electron chi connectivity index (χ4n) is 4.95. The van der Waals surface area contributed by atoms with Crippen LogP contribution in [0.25, 0.3) is 22.5 Å². The Labute approximate surface area is 340 Å². The zero-order valence-corrected chi connectivity index (χ0v) is 32.6. The lowest BCUT2D eigenvalue weighted by Gasteiger charge is -2.09. The number of nitrogen functional groups attached to an aromatic ring is 1. The molecule has 0 atom stereocenters. The van der Waals surface area contributed by atoms with Crippen molar-refractivity contribution >= 4 is 28.9 Å². The number of ether oxygens (including phenoxy) is 4. The maximum Gasteiger partial charge on any atom is 0.227 e. The molecular weight excluding hydrogens is 736 g/mol. The van der Waals surface area contributed by atoms with Crippen LogP contribution in [0.3, 0.4) is 0 Å². The lowest BCUT2D eigenvalue weighted by Crippen LogP contribution is -1.99. The van der Waals surface area contributed by atoms with E-state index in [0.717, 1.165) is 69.4 Å². The summed E-state index contributed by atoms with van der Waals surface area (Å²) < 4.78 is 21.5. The van der Waals surface area contributed by atoms with Crippen molar-refractivity contribution in [1.82, 2.24) is 19.9 Å². The smallest absolute Gasteiger partial charge is 0.227 e. The van der Waals surface area contributed by atoms with E-state index in [-0.39, 0.29) is 5.28 Å². The zero-order valence-electron chi connectivity index (χ0n) is 31.8. The Morgan fingerprint density at radius 2 is 1.16 bits per heavy atom. The summed E-state index contributed by atoms with van der Waals surface area (Å²) in [4.78, 5) is 17.0. The molecule has 0 aliphatic heterocycles. The van der Waals surface area contributed by atoms with Crippen molar-refractivity contribution in [3.63, 3.8) is 0 Å². The highest BCUT2D eigenvalue weighted by Gasteiger charge is 2.06. The summed E-state index contributed by atoms with van der Waals surface area (Å²) in [6, 6.07) is 34.8. The first-order valence-electron chi connectivity index (χ1n) is 18.1. The predicted octanol–water partition coefficient (Wildman–Crippen LogP) is 11.2. The van der Waals surface area contributed by atoms with Gasteiger partial charge in [0.2, 0.25) is 11.2 Å². The monoisotopic (exact) mass is 782 g/mol. The molecule has 0 amide bonds. The van der Waals surface area contributed by atoms with E-state index in [1.54, 1.807) is 12.4 Å². The van der Waals surface area contributed by atoms with Gasteiger partial charge in [0, 0.05) is 34.9 Å². The number of nitrogens with zero attached hydrogens (tertiary/aromatic N) is 4. The second-order valence-corrected chi connectivity index (χ2v) is 12.2. The maximum absolute atomic E-state index is 5.77. The Morgan fingerprint density at radius 1 is 0.614 bits per heavy atom. The third-order valence-corrected chi connectivity index (χ3v) is 7.77. The van der Waals surface area contributed by atoms with Crippen LogP contribution in [-0.4, -0.2) is 33.1 Å². The fraction of sp³-hybridized carbons (Fsp3) is 0.130. The number of aromatic nitrogens is 4. The summed E-state index contributed by atoms with van der Waals surface area (Å²) in [6.07, 6.45) is 11.5. The Hall–Kier alpha value is -6.91. The number of nitrogens with one attached hydrogen (secondary N) is 1. The van der Waals surface area contributed by atoms with Crippen LogP contribution in [0.5, 0.6) is 11.5 Å². The van der Waals surface area contributed by atoms with Gasteiger partial charge >= 0.3 is 0 Å². The molecule has 0 fully saturated rings. The summed E-state index contributed by atoms with van der Waals surface area (Å²) >= 11 is 5.77. The van der Waals surface area contributed by atoms with E-state index in [0.29, 0.717) is 32.4 Å². The first kappa shape index (κ1) is 42.8. The van der Waals surface area contributed by atoms with E-state index in [4.69, 9.17) is 36.3 Å². The largest absolute Gasteiger partial charge is 0.497 e. The molecule has 292 valence electrons. The minimum atomic E-state index is 0.241.